The van der Waals surface area contributed by atoms with Gasteiger partial charge in [0.2, 0.25) is 0 Å². The SMILES string of the molecule is CNC(C)Cc1cccc(F)c1N. The zero-order valence-electron chi connectivity index (χ0n) is 7.97. The molecule has 3 heteroatoms. The molecule has 0 heterocycles. The Labute approximate surface area is 77.9 Å². The van der Waals surface area contributed by atoms with Gasteiger partial charge in [0, 0.05) is 6.04 Å². The molecule has 0 aliphatic rings. The van der Waals surface area contributed by atoms with E-state index in [1.165, 1.54) is 6.07 Å². The van der Waals surface area contributed by atoms with Crippen LogP contribution in [-0.2, 0) is 6.42 Å². The van der Waals surface area contributed by atoms with E-state index in [9.17, 15) is 4.39 Å². The normalized spacial score (nSPS) is 12.8. The van der Waals surface area contributed by atoms with Crippen molar-refractivity contribution >= 4 is 5.69 Å². The Morgan fingerprint density at radius 3 is 2.85 bits per heavy atom. The third kappa shape index (κ3) is 2.42. The Bertz CT molecular complexity index is 286. The second kappa shape index (κ2) is 4.23. The topological polar surface area (TPSA) is 38.0 Å². The minimum Gasteiger partial charge on any atom is -0.396 e. The lowest BCUT2D eigenvalue weighted by Crippen LogP contribution is -2.24. The van der Waals surface area contributed by atoms with Crippen molar-refractivity contribution in [1.82, 2.24) is 5.32 Å². The average molecular weight is 182 g/mol. The molecule has 1 unspecified atom stereocenters. The van der Waals surface area contributed by atoms with Gasteiger partial charge in [0.1, 0.15) is 5.82 Å². The fourth-order valence-corrected chi connectivity index (χ4v) is 1.19. The lowest BCUT2D eigenvalue weighted by atomic mass is 10.1. The van der Waals surface area contributed by atoms with Crippen LogP contribution in [0.5, 0.6) is 0 Å². The molecule has 0 aliphatic heterocycles. The van der Waals surface area contributed by atoms with Gasteiger partial charge in [-0.25, -0.2) is 4.39 Å². The van der Waals surface area contributed by atoms with Crippen LogP contribution >= 0.6 is 0 Å². The fourth-order valence-electron chi connectivity index (χ4n) is 1.19. The summed E-state index contributed by atoms with van der Waals surface area (Å²) < 4.78 is 13.0. The van der Waals surface area contributed by atoms with Gasteiger partial charge in [-0.05, 0) is 32.0 Å². The molecule has 13 heavy (non-hydrogen) atoms. The summed E-state index contributed by atoms with van der Waals surface area (Å²) in [5.74, 6) is -0.333. The van der Waals surface area contributed by atoms with E-state index in [1.54, 1.807) is 6.07 Å². The molecule has 2 nitrogen and oxygen atoms in total. The highest BCUT2D eigenvalue weighted by Gasteiger charge is 2.06. The van der Waals surface area contributed by atoms with Crippen LogP contribution in [0.2, 0.25) is 0 Å². The number of para-hydroxylation sites is 1. The number of hydrogen-bond acceptors (Lipinski definition) is 2. The van der Waals surface area contributed by atoms with E-state index in [0.29, 0.717) is 6.04 Å². The molecule has 0 amide bonds. The van der Waals surface area contributed by atoms with Crippen LogP contribution in [0.3, 0.4) is 0 Å². The number of rotatable bonds is 3. The van der Waals surface area contributed by atoms with Gasteiger partial charge in [0.15, 0.2) is 0 Å². The molecule has 0 fully saturated rings. The van der Waals surface area contributed by atoms with Crippen LogP contribution in [0, 0.1) is 5.82 Å². The van der Waals surface area contributed by atoms with E-state index < -0.39 is 0 Å². The zero-order chi connectivity index (χ0) is 9.84. The predicted octanol–water partition coefficient (Wildman–Crippen LogP) is 1.56. The number of nitrogens with two attached hydrogens (primary N) is 1. The highest BCUT2D eigenvalue weighted by Crippen LogP contribution is 2.17. The van der Waals surface area contributed by atoms with E-state index in [1.807, 2.05) is 20.0 Å². The summed E-state index contributed by atoms with van der Waals surface area (Å²) >= 11 is 0. The van der Waals surface area contributed by atoms with E-state index in [0.717, 1.165) is 12.0 Å². The summed E-state index contributed by atoms with van der Waals surface area (Å²) in [5, 5.41) is 3.08. The number of nitrogens with one attached hydrogen (secondary N) is 1. The van der Waals surface area contributed by atoms with Crippen molar-refractivity contribution in [2.75, 3.05) is 12.8 Å². The summed E-state index contributed by atoms with van der Waals surface area (Å²) in [6.07, 6.45) is 0.750. The molecule has 1 rings (SSSR count). The van der Waals surface area contributed by atoms with Crippen LogP contribution < -0.4 is 11.1 Å². The Hall–Kier alpha value is -1.09. The van der Waals surface area contributed by atoms with Gasteiger partial charge in [-0.2, -0.15) is 0 Å². The van der Waals surface area contributed by atoms with Gasteiger partial charge in [-0.1, -0.05) is 12.1 Å². The average Bonchev–Trinajstić information content (AvgIpc) is 2.13. The van der Waals surface area contributed by atoms with Gasteiger partial charge >= 0.3 is 0 Å². The molecule has 0 spiro atoms. The molecule has 3 N–H and O–H groups in total. The molecule has 1 aromatic rings. The first kappa shape index (κ1) is 9.99. The molecule has 0 radical (unpaired) electrons. The molecule has 72 valence electrons. The Kier molecular flexibility index (Phi) is 3.25. The lowest BCUT2D eigenvalue weighted by Gasteiger charge is -2.11. The number of benzene rings is 1. The molecule has 0 aromatic heterocycles. The van der Waals surface area contributed by atoms with Crippen molar-refractivity contribution in [2.24, 2.45) is 0 Å². The third-order valence-electron chi connectivity index (χ3n) is 2.16. The monoisotopic (exact) mass is 182 g/mol. The van der Waals surface area contributed by atoms with E-state index in [4.69, 9.17) is 5.73 Å². The number of anilines is 1. The first-order valence-corrected chi connectivity index (χ1v) is 4.35. The van der Waals surface area contributed by atoms with E-state index in [2.05, 4.69) is 5.32 Å². The summed E-state index contributed by atoms with van der Waals surface area (Å²) in [5.41, 5.74) is 6.71. The van der Waals surface area contributed by atoms with Gasteiger partial charge in [-0.3, -0.25) is 0 Å². The van der Waals surface area contributed by atoms with E-state index >= 15 is 0 Å². The van der Waals surface area contributed by atoms with Crippen LogP contribution in [0.25, 0.3) is 0 Å². The fraction of sp³-hybridized carbons (Fsp3) is 0.400. The number of hydrogen-bond donors (Lipinski definition) is 2. The highest BCUT2D eigenvalue weighted by atomic mass is 19.1. The van der Waals surface area contributed by atoms with Gasteiger partial charge in [-0.15, -0.1) is 0 Å². The quantitative estimate of drug-likeness (QED) is 0.696. The first-order chi connectivity index (χ1) is 6.15. The maximum absolute atomic E-state index is 13.0. The maximum Gasteiger partial charge on any atom is 0.146 e. The van der Waals surface area contributed by atoms with E-state index in [-0.39, 0.29) is 11.5 Å². The van der Waals surface area contributed by atoms with Crippen molar-refractivity contribution in [3.8, 4) is 0 Å². The molecular formula is C10H15FN2. The first-order valence-electron chi connectivity index (χ1n) is 4.35. The maximum atomic E-state index is 13.0. The number of halogens is 1. The van der Waals surface area contributed by atoms with Crippen LogP contribution in [-0.4, -0.2) is 13.1 Å². The molecule has 0 aliphatic carbocycles. The largest absolute Gasteiger partial charge is 0.396 e. The summed E-state index contributed by atoms with van der Waals surface area (Å²) in [6.45, 7) is 2.03. The predicted molar refractivity (Wildman–Crippen MR) is 53.0 cm³/mol. The summed E-state index contributed by atoms with van der Waals surface area (Å²) in [6, 6.07) is 5.22. The number of nitrogen functional groups attached to an aromatic ring is 1. The lowest BCUT2D eigenvalue weighted by molar-refractivity contribution is 0.600. The summed E-state index contributed by atoms with van der Waals surface area (Å²) in [7, 11) is 1.88. The standard InChI is InChI=1S/C10H15FN2/c1-7(13-2)6-8-4-3-5-9(11)10(8)12/h3-5,7,13H,6,12H2,1-2H3. The van der Waals surface area contributed by atoms with Crippen molar-refractivity contribution in [3.05, 3.63) is 29.6 Å². The molecule has 1 atom stereocenters. The number of likely N-dealkylation sites (N-methyl/N-ethyl adjacent to an activating group) is 1. The van der Waals surface area contributed by atoms with Crippen LogP contribution in [0.15, 0.2) is 18.2 Å². The minimum absolute atomic E-state index is 0.268. The summed E-state index contributed by atoms with van der Waals surface area (Å²) in [4.78, 5) is 0. The molecule has 0 bridgehead atoms. The second-order valence-corrected chi connectivity index (χ2v) is 3.21. The minimum atomic E-state index is -0.333. The van der Waals surface area contributed by atoms with Gasteiger partial charge < -0.3 is 11.1 Å². The molecule has 0 saturated carbocycles. The highest BCUT2D eigenvalue weighted by molar-refractivity contribution is 5.48. The third-order valence-corrected chi connectivity index (χ3v) is 2.16. The Morgan fingerprint density at radius 2 is 2.23 bits per heavy atom. The second-order valence-electron chi connectivity index (χ2n) is 3.21. The van der Waals surface area contributed by atoms with Crippen LogP contribution in [0.1, 0.15) is 12.5 Å². The van der Waals surface area contributed by atoms with Crippen LogP contribution in [0.4, 0.5) is 10.1 Å². The van der Waals surface area contributed by atoms with Crippen molar-refractivity contribution in [1.29, 1.82) is 0 Å². The molecular weight excluding hydrogens is 167 g/mol. The van der Waals surface area contributed by atoms with Crippen molar-refractivity contribution < 1.29 is 4.39 Å². The Balaban J connectivity index is 2.83. The van der Waals surface area contributed by atoms with Crippen molar-refractivity contribution in [3.63, 3.8) is 0 Å². The Morgan fingerprint density at radius 1 is 1.54 bits per heavy atom. The smallest absolute Gasteiger partial charge is 0.146 e. The molecule has 1 aromatic carbocycles. The van der Waals surface area contributed by atoms with Gasteiger partial charge in [0.25, 0.3) is 0 Å². The molecule has 0 saturated heterocycles. The van der Waals surface area contributed by atoms with Gasteiger partial charge in [0.05, 0.1) is 5.69 Å². The zero-order valence-corrected chi connectivity index (χ0v) is 7.97. The van der Waals surface area contributed by atoms with Crippen molar-refractivity contribution in [2.45, 2.75) is 19.4 Å².